The number of halogens is 1. The minimum Gasteiger partial charge on any atom is -0.352 e. The smallest absolute Gasteiger partial charge is 0.229 e. The van der Waals surface area contributed by atoms with Crippen LogP contribution < -0.4 is 20.3 Å². The van der Waals surface area contributed by atoms with Gasteiger partial charge in [-0.2, -0.15) is 4.98 Å². The van der Waals surface area contributed by atoms with Crippen LogP contribution in [-0.4, -0.2) is 47.8 Å². The van der Waals surface area contributed by atoms with Crippen LogP contribution in [0.15, 0.2) is 72.6 Å². The van der Waals surface area contributed by atoms with E-state index < -0.39 is 10.0 Å². The van der Waals surface area contributed by atoms with E-state index >= 15 is 0 Å². The molecule has 0 bridgehead atoms. The molecule has 0 saturated heterocycles. The average Bonchev–Trinajstić information content (AvgIpc) is 3.36. The molecule has 12 heteroatoms. The molecule has 1 aliphatic rings. The van der Waals surface area contributed by atoms with Crippen molar-refractivity contribution in [3.63, 3.8) is 0 Å². The molecule has 10 nitrogen and oxygen atoms in total. The molecule has 0 aliphatic heterocycles. The summed E-state index contributed by atoms with van der Waals surface area (Å²) in [6.07, 6.45) is 6.12. The van der Waals surface area contributed by atoms with Crippen molar-refractivity contribution in [1.29, 1.82) is 0 Å². The highest BCUT2D eigenvalue weighted by molar-refractivity contribution is 7.89. The normalized spacial score (nSPS) is 12.6. The molecular weight excluding hydrogens is 572 g/mol. The van der Waals surface area contributed by atoms with Crippen molar-refractivity contribution in [2.75, 3.05) is 35.4 Å². The Bertz CT molecular complexity index is 1620. The molecule has 42 heavy (non-hydrogen) atoms. The molecular formula is C30H37ClN8O2S. The van der Waals surface area contributed by atoms with Crippen LogP contribution in [0.5, 0.6) is 0 Å². The molecule has 1 aliphatic carbocycles. The Kier molecular flexibility index (Phi) is 10.2. The molecule has 0 saturated carbocycles. The third kappa shape index (κ3) is 7.47. The summed E-state index contributed by atoms with van der Waals surface area (Å²) in [5, 5.41) is 6.77. The number of rotatable bonds is 12. The Hall–Kier alpha value is -3.93. The molecule has 2 aromatic heterocycles. The molecule has 0 spiro atoms. The number of allylic oxidation sites excluding steroid dienone is 1. The van der Waals surface area contributed by atoms with Crippen LogP contribution in [0.4, 0.5) is 23.4 Å². The van der Waals surface area contributed by atoms with Crippen LogP contribution >= 0.6 is 12.4 Å². The third-order valence-corrected chi connectivity index (χ3v) is 8.59. The van der Waals surface area contributed by atoms with Crippen LogP contribution in [0.1, 0.15) is 35.9 Å². The Balaban J connectivity index is 0.00000405. The van der Waals surface area contributed by atoms with Gasteiger partial charge in [-0.3, -0.25) is 0 Å². The summed E-state index contributed by atoms with van der Waals surface area (Å²) in [4.78, 5) is 16.2. The number of fused-ring (bicyclic) bond motifs is 1. The lowest BCUT2D eigenvalue weighted by atomic mass is 10.0. The molecule has 4 aromatic rings. The fourth-order valence-electron chi connectivity index (χ4n) is 4.86. The van der Waals surface area contributed by atoms with Crippen molar-refractivity contribution in [1.82, 2.24) is 24.2 Å². The maximum atomic E-state index is 11.7. The molecule has 3 N–H and O–H groups in total. The van der Waals surface area contributed by atoms with Crippen molar-refractivity contribution in [2.45, 2.75) is 39.3 Å². The van der Waals surface area contributed by atoms with Gasteiger partial charge in [0.25, 0.3) is 0 Å². The second-order valence-electron chi connectivity index (χ2n) is 9.88. The van der Waals surface area contributed by atoms with Gasteiger partial charge in [-0.15, -0.1) is 12.4 Å². The quantitative estimate of drug-likeness (QED) is 0.206. The first kappa shape index (κ1) is 31.0. The van der Waals surface area contributed by atoms with Gasteiger partial charge in [-0.05, 0) is 68.6 Å². The number of nitrogens with one attached hydrogen (secondary N) is 3. The fourth-order valence-corrected chi connectivity index (χ4v) is 5.57. The highest BCUT2D eigenvalue weighted by atomic mass is 35.5. The van der Waals surface area contributed by atoms with Gasteiger partial charge in [-0.25, -0.2) is 23.1 Å². The lowest BCUT2D eigenvalue weighted by molar-refractivity contribution is 0.587. The summed E-state index contributed by atoms with van der Waals surface area (Å²) >= 11 is 0. The van der Waals surface area contributed by atoms with Crippen LogP contribution in [0.2, 0.25) is 0 Å². The van der Waals surface area contributed by atoms with E-state index in [1.165, 1.54) is 18.3 Å². The van der Waals surface area contributed by atoms with Gasteiger partial charge in [-0.1, -0.05) is 42.5 Å². The number of aryl methyl sites for hydroxylation is 1. The first-order valence-corrected chi connectivity index (χ1v) is 15.4. The van der Waals surface area contributed by atoms with Gasteiger partial charge >= 0.3 is 0 Å². The molecule has 0 radical (unpaired) electrons. The molecule has 2 heterocycles. The minimum atomic E-state index is -3.23. The van der Waals surface area contributed by atoms with Gasteiger partial charge in [0, 0.05) is 43.4 Å². The predicted octanol–water partition coefficient (Wildman–Crippen LogP) is 4.99. The van der Waals surface area contributed by atoms with E-state index in [0.717, 1.165) is 60.3 Å². The molecule has 0 fully saturated rings. The van der Waals surface area contributed by atoms with Crippen LogP contribution in [0.25, 0.3) is 6.08 Å². The van der Waals surface area contributed by atoms with Gasteiger partial charge in [0.15, 0.2) is 0 Å². The van der Waals surface area contributed by atoms with Crippen LogP contribution in [0.3, 0.4) is 0 Å². The topological polar surface area (TPSA) is 117 Å². The third-order valence-electron chi connectivity index (χ3n) is 7.23. The maximum absolute atomic E-state index is 11.7. The standard InChI is InChI=1S/C30H36N8O2S.ClH/c1-4-38-27-15-14-25(20-26(27)35-30(38)33-21-23-8-6-5-7-9-23)37(3)28-16-18-32-29(36-28)34-24-12-10-22(11-13-24)17-19-41(39,40)31-2;/h5-13,16,18,20,31H,4,14-15,17,19,21H2,1-3H3,(H,33,35)(H,32,34,36);1H. The van der Waals surface area contributed by atoms with Gasteiger partial charge in [0.05, 0.1) is 11.4 Å². The highest BCUT2D eigenvalue weighted by Gasteiger charge is 2.22. The van der Waals surface area contributed by atoms with E-state index in [0.29, 0.717) is 12.4 Å². The van der Waals surface area contributed by atoms with Gasteiger partial charge in [0.2, 0.25) is 21.9 Å². The number of imidazole rings is 1. The van der Waals surface area contributed by atoms with Crippen LogP contribution in [-0.2, 0) is 36.0 Å². The number of sulfonamides is 1. The summed E-state index contributed by atoms with van der Waals surface area (Å²) in [7, 11) is 0.210. The molecule has 5 rings (SSSR count). The molecule has 0 unspecified atom stereocenters. The zero-order valence-corrected chi connectivity index (χ0v) is 25.7. The zero-order chi connectivity index (χ0) is 28.8. The Morgan fingerprint density at radius 3 is 2.45 bits per heavy atom. The SMILES string of the molecule is CCn1c(NCc2ccccc2)nc2c1CCC(N(C)c1ccnc(Nc3ccc(CCS(=O)(=O)NC)cc3)n1)=C2.Cl. The van der Waals surface area contributed by atoms with E-state index in [1.54, 1.807) is 6.20 Å². The summed E-state index contributed by atoms with van der Waals surface area (Å²) in [6, 6.07) is 19.9. The zero-order valence-electron chi connectivity index (χ0n) is 24.0. The Morgan fingerprint density at radius 2 is 1.74 bits per heavy atom. The van der Waals surface area contributed by atoms with Crippen molar-refractivity contribution in [3.8, 4) is 0 Å². The van der Waals surface area contributed by atoms with E-state index in [9.17, 15) is 8.42 Å². The van der Waals surface area contributed by atoms with Crippen molar-refractivity contribution >= 4 is 51.9 Å². The van der Waals surface area contributed by atoms with Crippen molar-refractivity contribution in [3.05, 3.63) is 95.1 Å². The number of benzene rings is 2. The largest absolute Gasteiger partial charge is 0.352 e. The molecule has 222 valence electrons. The second-order valence-corrected chi connectivity index (χ2v) is 11.9. The number of nitrogens with zero attached hydrogens (tertiary/aromatic N) is 5. The Labute approximate surface area is 253 Å². The average molecular weight is 609 g/mol. The second kappa shape index (κ2) is 13.8. The van der Waals surface area contributed by atoms with E-state index in [4.69, 9.17) is 9.97 Å². The van der Waals surface area contributed by atoms with Crippen molar-refractivity contribution in [2.24, 2.45) is 0 Å². The van der Waals surface area contributed by atoms with E-state index in [2.05, 4.69) is 54.9 Å². The number of anilines is 4. The van der Waals surface area contributed by atoms with E-state index in [1.807, 2.05) is 55.6 Å². The summed E-state index contributed by atoms with van der Waals surface area (Å²) in [6.45, 7) is 3.73. The lowest BCUT2D eigenvalue weighted by Crippen LogP contribution is -2.23. The molecule has 0 atom stereocenters. The first-order chi connectivity index (χ1) is 19.8. The lowest BCUT2D eigenvalue weighted by Gasteiger charge is -2.25. The van der Waals surface area contributed by atoms with Crippen LogP contribution in [0, 0.1) is 0 Å². The number of hydrogen-bond donors (Lipinski definition) is 3. The van der Waals surface area contributed by atoms with Gasteiger partial charge < -0.3 is 20.1 Å². The maximum Gasteiger partial charge on any atom is 0.229 e. The first-order valence-electron chi connectivity index (χ1n) is 13.8. The summed E-state index contributed by atoms with van der Waals surface area (Å²) < 4.78 is 28.0. The highest BCUT2D eigenvalue weighted by Crippen LogP contribution is 2.30. The monoisotopic (exact) mass is 608 g/mol. The summed E-state index contributed by atoms with van der Waals surface area (Å²) in [5.41, 5.74) is 6.36. The Morgan fingerprint density at radius 1 is 0.976 bits per heavy atom. The number of aromatic nitrogens is 4. The fraction of sp³-hybridized carbons (Fsp3) is 0.300. The predicted molar refractivity (Wildman–Crippen MR) is 172 cm³/mol. The van der Waals surface area contributed by atoms with E-state index in [-0.39, 0.29) is 18.2 Å². The number of hydrogen-bond acceptors (Lipinski definition) is 8. The summed E-state index contributed by atoms with van der Waals surface area (Å²) in [5.74, 6) is 2.21. The van der Waals surface area contributed by atoms with Crippen molar-refractivity contribution < 1.29 is 8.42 Å². The molecule has 0 amide bonds. The molecule has 2 aromatic carbocycles. The minimum absolute atomic E-state index is 0. The van der Waals surface area contributed by atoms with Gasteiger partial charge in [0.1, 0.15) is 5.82 Å².